The highest BCUT2D eigenvalue weighted by Gasteiger charge is 2.18. The summed E-state index contributed by atoms with van der Waals surface area (Å²) in [6.45, 7) is 4.42. The van der Waals surface area contributed by atoms with E-state index < -0.39 is 0 Å². The van der Waals surface area contributed by atoms with Crippen LogP contribution < -0.4 is 11.3 Å². The third kappa shape index (κ3) is 4.04. The van der Waals surface area contributed by atoms with E-state index >= 15 is 0 Å². The van der Waals surface area contributed by atoms with Gasteiger partial charge in [0.1, 0.15) is 0 Å². The molecule has 7 heteroatoms. The molecular formula is C10H19BrN4O2. The van der Waals surface area contributed by atoms with E-state index in [1.165, 1.54) is 0 Å². The molecule has 1 unspecified atom stereocenters. The summed E-state index contributed by atoms with van der Waals surface area (Å²) in [6.07, 6.45) is 1.76. The molecule has 1 aromatic rings. The number of rotatable bonds is 8. The Kier molecular flexibility index (Phi) is 6.68. The second-order valence-corrected chi connectivity index (χ2v) is 4.33. The summed E-state index contributed by atoms with van der Waals surface area (Å²) in [6, 6.07) is -0.0938. The molecule has 1 atom stereocenters. The van der Waals surface area contributed by atoms with Crippen molar-refractivity contribution in [3.05, 3.63) is 16.4 Å². The van der Waals surface area contributed by atoms with E-state index in [2.05, 4.69) is 26.5 Å². The molecule has 0 amide bonds. The van der Waals surface area contributed by atoms with Crippen LogP contribution in [0.3, 0.4) is 0 Å². The SMILES string of the molecule is CCn1ncc(Br)c1C(COCCOC)NN. The predicted molar refractivity (Wildman–Crippen MR) is 68.4 cm³/mol. The number of halogens is 1. The summed E-state index contributed by atoms with van der Waals surface area (Å²) in [5.41, 5.74) is 3.73. The first-order valence-electron chi connectivity index (χ1n) is 5.48. The summed E-state index contributed by atoms with van der Waals surface area (Å²) < 4.78 is 13.2. The number of nitrogens with two attached hydrogens (primary N) is 1. The smallest absolute Gasteiger partial charge is 0.0873 e. The molecule has 1 heterocycles. The van der Waals surface area contributed by atoms with Crippen molar-refractivity contribution in [3.8, 4) is 0 Å². The summed E-state index contributed by atoms with van der Waals surface area (Å²) in [5, 5.41) is 4.24. The molecule has 1 rings (SSSR count). The van der Waals surface area contributed by atoms with E-state index in [1.54, 1.807) is 13.3 Å². The average molecular weight is 307 g/mol. The first-order chi connectivity index (χ1) is 8.24. The maximum Gasteiger partial charge on any atom is 0.0873 e. The predicted octanol–water partition coefficient (Wildman–Crippen LogP) is 0.833. The highest BCUT2D eigenvalue weighted by Crippen LogP contribution is 2.23. The summed E-state index contributed by atoms with van der Waals surface area (Å²) >= 11 is 3.46. The van der Waals surface area contributed by atoms with E-state index in [4.69, 9.17) is 15.3 Å². The summed E-state index contributed by atoms with van der Waals surface area (Å²) in [5.74, 6) is 5.55. The van der Waals surface area contributed by atoms with Gasteiger partial charge in [0.2, 0.25) is 0 Å². The molecule has 0 bridgehead atoms. The van der Waals surface area contributed by atoms with Gasteiger partial charge in [0.05, 0.1) is 42.2 Å². The Morgan fingerprint density at radius 2 is 2.35 bits per heavy atom. The number of methoxy groups -OCH3 is 1. The van der Waals surface area contributed by atoms with E-state index in [0.717, 1.165) is 16.7 Å². The number of aromatic nitrogens is 2. The van der Waals surface area contributed by atoms with Crippen molar-refractivity contribution in [1.82, 2.24) is 15.2 Å². The molecule has 0 aliphatic heterocycles. The van der Waals surface area contributed by atoms with Crippen LogP contribution in [0.15, 0.2) is 10.7 Å². The molecular weight excluding hydrogens is 288 g/mol. The van der Waals surface area contributed by atoms with Gasteiger partial charge in [-0.2, -0.15) is 5.10 Å². The van der Waals surface area contributed by atoms with Gasteiger partial charge in [0.15, 0.2) is 0 Å². The molecule has 1 aromatic heterocycles. The van der Waals surface area contributed by atoms with Crippen LogP contribution in [0.5, 0.6) is 0 Å². The van der Waals surface area contributed by atoms with Gasteiger partial charge in [0, 0.05) is 13.7 Å². The van der Waals surface area contributed by atoms with Crippen molar-refractivity contribution in [2.45, 2.75) is 19.5 Å². The van der Waals surface area contributed by atoms with Crippen LogP contribution in [0.25, 0.3) is 0 Å². The fourth-order valence-electron chi connectivity index (χ4n) is 1.52. The fraction of sp³-hybridized carbons (Fsp3) is 0.700. The molecule has 0 saturated heterocycles. The Morgan fingerprint density at radius 1 is 1.59 bits per heavy atom. The second-order valence-electron chi connectivity index (χ2n) is 3.48. The number of nitrogens with zero attached hydrogens (tertiary/aromatic N) is 2. The van der Waals surface area contributed by atoms with Crippen LogP contribution in [0, 0.1) is 0 Å². The number of hydrogen-bond donors (Lipinski definition) is 2. The molecule has 0 aliphatic rings. The van der Waals surface area contributed by atoms with Gasteiger partial charge in [-0.1, -0.05) is 0 Å². The van der Waals surface area contributed by atoms with Gasteiger partial charge in [-0.05, 0) is 22.9 Å². The molecule has 98 valence electrons. The molecule has 0 aliphatic carbocycles. The Bertz CT molecular complexity index is 332. The van der Waals surface area contributed by atoms with Crippen LogP contribution in [0.2, 0.25) is 0 Å². The normalized spacial score (nSPS) is 12.9. The number of aryl methyl sites for hydroxylation is 1. The first-order valence-corrected chi connectivity index (χ1v) is 6.27. The van der Waals surface area contributed by atoms with E-state index in [-0.39, 0.29) is 6.04 Å². The first kappa shape index (κ1) is 14.6. The Morgan fingerprint density at radius 3 is 2.94 bits per heavy atom. The highest BCUT2D eigenvalue weighted by molar-refractivity contribution is 9.10. The quantitative estimate of drug-likeness (QED) is 0.423. The lowest BCUT2D eigenvalue weighted by molar-refractivity contribution is 0.0572. The third-order valence-corrected chi connectivity index (χ3v) is 2.99. The Balaban J connectivity index is 2.62. The monoisotopic (exact) mass is 306 g/mol. The lowest BCUT2D eigenvalue weighted by Crippen LogP contribution is -2.33. The largest absolute Gasteiger partial charge is 0.382 e. The number of hydrogen-bond acceptors (Lipinski definition) is 5. The maximum absolute atomic E-state index is 5.55. The average Bonchev–Trinajstić information content (AvgIpc) is 2.71. The van der Waals surface area contributed by atoms with Crippen LogP contribution >= 0.6 is 15.9 Å². The standard InChI is InChI=1S/C10H19BrN4O2/c1-3-15-10(8(11)6-13-15)9(14-12)7-17-5-4-16-2/h6,9,14H,3-5,7,12H2,1-2H3. The molecule has 0 radical (unpaired) electrons. The zero-order valence-electron chi connectivity index (χ0n) is 10.1. The van der Waals surface area contributed by atoms with Crippen LogP contribution in [0.1, 0.15) is 18.7 Å². The van der Waals surface area contributed by atoms with Gasteiger partial charge in [0.25, 0.3) is 0 Å². The fourth-order valence-corrected chi connectivity index (χ4v) is 2.09. The maximum atomic E-state index is 5.55. The van der Waals surface area contributed by atoms with Crippen LogP contribution in [0.4, 0.5) is 0 Å². The molecule has 0 aromatic carbocycles. The molecule has 0 spiro atoms. The zero-order valence-corrected chi connectivity index (χ0v) is 11.7. The van der Waals surface area contributed by atoms with Crippen molar-refractivity contribution >= 4 is 15.9 Å². The Labute approximate surface area is 110 Å². The molecule has 6 nitrogen and oxygen atoms in total. The topological polar surface area (TPSA) is 74.3 Å². The van der Waals surface area contributed by atoms with E-state index in [0.29, 0.717) is 19.8 Å². The lowest BCUT2D eigenvalue weighted by Gasteiger charge is -2.18. The highest BCUT2D eigenvalue weighted by atomic mass is 79.9. The van der Waals surface area contributed by atoms with Gasteiger partial charge < -0.3 is 9.47 Å². The van der Waals surface area contributed by atoms with Gasteiger partial charge >= 0.3 is 0 Å². The third-order valence-electron chi connectivity index (χ3n) is 2.38. The summed E-state index contributed by atoms with van der Waals surface area (Å²) in [7, 11) is 1.64. The van der Waals surface area contributed by atoms with E-state index in [1.807, 2.05) is 11.6 Å². The minimum atomic E-state index is -0.0938. The van der Waals surface area contributed by atoms with Crippen molar-refractivity contribution in [1.29, 1.82) is 0 Å². The van der Waals surface area contributed by atoms with Crippen molar-refractivity contribution in [2.75, 3.05) is 26.9 Å². The number of nitrogens with one attached hydrogen (secondary N) is 1. The van der Waals surface area contributed by atoms with Crippen molar-refractivity contribution in [2.24, 2.45) is 5.84 Å². The number of hydrazine groups is 1. The Hall–Kier alpha value is -0.470. The van der Waals surface area contributed by atoms with Crippen molar-refractivity contribution < 1.29 is 9.47 Å². The van der Waals surface area contributed by atoms with Crippen molar-refractivity contribution in [3.63, 3.8) is 0 Å². The molecule has 17 heavy (non-hydrogen) atoms. The summed E-state index contributed by atoms with van der Waals surface area (Å²) in [4.78, 5) is 0. The number of ether oxygens (including phenoxy) is 2. The molecule has 0 saturated carbocycles. The molecule has 0 fully saturated rings. The van der Waals surface area contributed by atoms with Gasteiger partial charge in [-0.15, -0.1) is 0 Å². The molecule has 3 N–H and O–H groups in total. The van der Waals surface area contributed by atoms with Crippen LogP contribution in [-0.4, -0.2) is 36.7 Å². The van der Waals surface area contributed by atoms with Gasteiger partial charge in [-0.3, -0.25) is 10.5 Å². The second kappa shape index (κ2) is 7.78. The minimum Gasteiger partial charge on any atom is -0.382 e. The zero-order chi connectivity index (χ0) is 12.7. The minimum absolute atomic E-state index is 0.0938. The van der Waals surface area contributed by atoms with Crippen LogP contribution in [-0.2, 0) is 16.0 Å². The van der Waals surface area contributed by atoms with Gasteiger partial charge in [-0.25, -0.2) is 5.43 Å². The van der Waals surface area contributed by atoms with E-state index in [9.17, 15) is 0 Å². The lowest BCUT2D eigenvalue weighted by atomic mass is 10.2.